The molecule has 2 aromatic rings. The zero-order valence-electron chi connectivity index (χ0n) is 16.4. The van der Waals surface area contributed by atoms with E-state index in [0.717, 1.165) is 11.5 Å². The molecule has 0 saturated heterocycles. The normalized spacial score (nSPS) is 12.6. The van der Waals surface area contributed by atoms with Crippen molar-refractivity contribution in [1.29, 1.82) is 0 Å². The predicted octanol–water partition coefficient (Wildman–Crippen LogP) is 3.16. The molecule has 2 N–H and O–H groups in total. The monoisotopic (exact) mass is 374 g/mol. The second-order valence-corrected chi connectivity index (χ2v) is 6.96. The molecule has 27 heavy (non-hydrogen) atoms. The van der Waals surface area contributed by atoms with Crippen LogP contribution < -0.4 is 9.47 Å². The lowest BCUT2D eigenvalue weighted by Gasteiger charge is -2.26. The number of ether oxygens (including phenoxy) is 3. The van der Waals surface area contributed by atoms with E-state index in [0.29, 0.717) is 19.8 Å². The molecule has 0 radical (unpaired) electrons. The molecule has 0 aliphatic carbocycles. The van der Waals surface area contributed by atoms with Gasteiger partial charge in [0.15, 0.2) is 0 Å². The number of hydrogen-bond acceptors (Lipinski definition) is 5. The minimum Gasteiger partial charge on any atom is -0.491 e. The van der Waals surface area contributed by atoms with E-state index in [2.05, 4.69) is 38.1 Å². The van der Waals surface area contributed by atoms with Crippen molar-refractivity contribution in [2.24, 2.45) is 0 Å². The fourth-order valence-corrected chi connectivity index (χ4v) is 2.78. The Morgan fingerprint density at radius 2 is 1.26 bits per heavy atom. The van der Waals surface area contributed by atoms with Gasteiger partial charge in [0.25, 0.3) is 0 Å². The summed E-state index contributed by atoms with van der Waals surface area (Å²) in [4.78, 5) is 0. The van der Waals surface area contributed by atoms with Gasteiger partial charge in [0.05, 0.1) is 25.9 Å². The van der Waals surface area contributed by atoms with Crippen LogP contribution in [0.15, 0.2) is 48.5 Å². The summed E-state index contributed by atoms with van der Waals surface area (Å²) in [6, 6.07) is 16.0. The third-order valence-electron chi connectivity index (χ3n) is 4.49. The molecule has 0 fully saturated rings. The molecule has 0 saturated carbocycles. The maximum absolute atomic E-state index is 8.84. The third kappa shape index (κ3) is 6.24. The summed E-state index contributed by atoms with van der Waals surface area (Å²) in [5.41, 5.74) is 2.20. The second-order valence-electron chi connectivity index (χ2n) is 6.96. The lowest BCUT2D eigenvalue weighted by molar-refractivity contribution is 0.0132. The summed E-state index contributed by atoms with van der Waals surface area (Å²) >= 11 is 0. The summed E-state index contributed by atoms with van der Waals surface area (Å²) < 4.78 is 16.6. The van der Waals surface area contributed by atoms with Crippen molar-refractivity contribution in [2.75, 3.05) is 33.0 Å². The van der Waals surface area contributed by atoms with E-state index < -0.39 is 0 Å². The summed E-state index contributed by atoms with van der Waals surface area (Å²) in [5.74, 6) is 1.55. The third-order valence-corrected chi connectivity index (χ3v) is 4.49. The molecule has 0 bridgehead atoms. The van der Waals surface area contributed by atoms with Gasteiger partial charge in [-0.1, -0.05) is 38.1 Å². The molecule has 0 heterocycles. The first-order valence-electron chi connectivity index (χ1n) is 9.27. The number of aliphatic hydroxyl groups excluding tert-OH is 2. The second kappa shape index (κ2) is 10.3. The summed E-state index contributed by atoms with van der Waals surface area (Å²) in [6.45, 7) is 7.36. The van der Waals surface area contributed by atoms with E-state index in [4.69, 9.17) is 24.4 Å². The smallest absolute Gasteiger partial charge is 0.119 e. The molecule has 148 valence electrons. The van der Waals surface area contributed by atoms with E-state index in [1.54, 1.807) is 0 Å². The minimum absolute atomic E-state index is 0.00794. The molecular weight excluding hydrogens is 344 g/mol. The number of aliphatic hydroxyl groups is 2. The van der Waals surface area contributed by atoms with Gasteiger partial charge in [0, 0.05) is 5.41 Å². The van der Waals surface area contributed by atoms with Crippen molar-refractivity contribution in [3.05, 3.63) is 59.7 Å². The van der Waals surface area contributed by atoms with Crippen molar-refractivity contribution >= 4 is 0 Å². The maximum atomic E-state index is 8.84. The summed E-state index contributed by atoms with van der Waals surface area (Å²) in [7, 11) is 0. The van der Waals surface area contributed by atoms with Gasteiger partial charge in [-0.2, -0.15) is 0 Å². The Hall–Kier alpha value is -2.08. The van der Waals surface area contributed by atoms with Crippen LogP contribution in [0.2, 0.25) is 0 Å². The van der Waals surface area contributed by atoms with Gasteiger partial charge in [-0.05, 0) is 42.3 Å². The van der Waals surface area contributed by atoms with Crippen LogP contribution in [0.3, 0.4) is 0 Å². The van der Waals surface area contributed by atoms with Crippen LogP contribution in [-0.2, 0) is 10.2 Å². The van der Waals surface area contributed by atoms with E-state index in [9.17, 15) is 0 Å². The molecule has 0 spiro atoms. The average molecular weight is 374 g/mol. The molecule has 0 aromatic heterocycles. The highest BCUT2D eigenvalue weighted by Crippen LogP contribution is 2.33. The van der Waals surface area contributed by atoms with Gasteiger partial charge in [0.1, 0.15) is 24.7 Å². The van der Waals surface area contributed by atoms with Gasteiger partial charge in [0.2, 0.25) is 0 Å². The van der Waals surface area contributed by atoms with Gasteiger partial charge < -0.3 is 24.4 Å². The lowest BCUT2D eigenvalue weighted by atomic mass is 9.78. The Morgan fingerprint density at radius 3 is 1.74 bits per heavy atom. The van der Waals surface area contributed by atoms with Crippen molar-refractivity contribution < 1.29 is 24.4 Å². The average Bonchev–Trinajstić information content (AvgIpc) is 2.69. The molecule has 1 unspecified atom stereocenters. The van der Waals surface area contributed by atoms with Crippen LogP contribution in [0.1, 0.15) is 31.9 Å². The number of hydrogen-bond donors (Lipinski definition) is 2. The van der Waals surface area contributed by atoms with Gasteiger partial charge >= 0.3 is 0 Å². The molecule has 1 atom stereocenters. The zero-order chi connectivity index (χ0) is 19.7. The van der Waals surface area contributed by atoms with E-state index in [-0.39, 0.29) is 24.7 Å². The largest absolute Gasteiger partial charge is 0.491 e. The van der Waals surface area contributed by atoms with E-state index in [1.807, 2.05) is 31.2 Å². The maximum Gasteiger partial charge on any atom is 0.119 e. The first-order valence-corrected chi connectivity index (χ1v) is 9.27. The quantitative estimate of drug-likeness (QED) is 0.632. The van der Waals surface area contributed by atoms with E-state index in [1.165, 1.54) is 11.1 Å². The summed E-state index contributed by atoms with van der Waals surface area (Å²) in [6.07, 6.45) is -0.0696. The molecule has 5 nitrogen and oxygen atoms in total. The fourth-order valence-electron chi connectivity index (χ4n) is 2.78. The molecule has 2 rings (SSSR count). The van der Waals surface area contributed by atoms with Crippen LogP contribution >= 0.6 is 0 Å². The van der Waals surface area contributed by atoms with Gasteiger partial charge in [-0.15, -0.1) is 0 Å². The minimum atomic E-state index is -0.161. The molecule has 0 aliphatic rings. The first kappa shape index (κ1) is 21.2. The van der Waals surface area contributed by atoms with Crippen molar-refractivity contribution in [2.45, 2.75) is 32.3 Å². The molecule has 0 amide bonds. The molecule has 5 heteroatoms. The number of benzene rings is 2. The topological polar surface area (TPSA) is 68.2 Å². The van der Waals surface area contributed by atoms with Crippen LogP contribution in [0.4, 0.5) is 0 Å². The standard InChI is InChI=1S/C22H30O5/c1-17(25-14-12-23)16-27-21-10-6-19(7-11-21)22(2,3)18-4-8-20(9-5-18)26-15-13-24/h4-11,17,23-24H,12-16H2,1-3H3. The molecule has 2 aromatic carbocycles. The zero-order valence-corrected chi connectivity index (χ0v) is 16.4. The van der Waals surface area contributed by atoms with Crippen molar-refractivity contribution in [1.82, 2.24) is 0 Å². The highest BCUT2D eigenvalue weighted by Gasteiger charge is 2.23. The van der Waals surface area contributed by atoms with Crippen molar-refractivity contribution in [3.8, 4) is 11.5 Å². The SMILES string of the molecule is CC(COc1ccc(C(C)(C)c2ccc(OCCO)cc2)cc1)OCCO. The highest BCUT2D eigenvalue weighted by molar-refractivity contribution is 5.41. The Kier molecular flexibility index (Phi) is 8.10. The molecule has 0 aliphatic heterocycles. The highest BCUT2D eigenvalue weighted by atomic mass is 16.5. The van der Waals surface area contributed by atoms with E-state index >= 15 is 0 Å². The van der Waals surface area contributed by atoms with Gasteiger partial charge in [-0.25, -0.2) is 0 Å². The first-order chi connectivity index (χ1) is 13.0. The van der Waals surface area contributed by atoms with Crippen LogP contribution in [-0.4, -0.2) is 49.4 Å². The van der Waals surface area contributed by atoms with Gasteiger partial charge in [-0.3, -0.25) is 0 Å². The Morgan fingerprint density at radius 1 is 0.778 bits per heavy atom. The van der Waals surface area contributed by atoms with Crippen molar-refractivity contribution in [3.63, 3.8) is 0 Å². The van der Waals surface area contributed by atoms with Crippen LogP contribution in [0, 0.1) is 0 Å². The number of rotatable bonds is 11. The lowest BCUT2D eigenvalue weighted by Crippen LogP contribution is -2.20. The van der Waals surface area contributed by atoms with Crippen LogP contribution in [0.5, 0.6) is 11.5 Å². The Labute approximate surface area is 161 Å². The summed E-state index contributed by atoms with van der Waals surface area (Å²) in [5, 5.41) is 17.6. The fraction of sp³-hybridized carbons (Fsp3) is 0.455. The Bertz CT molecular complexity index is 664. The van der Waals surface area contributed by atoms with Crippen LogP contribution in [0.25, 0.3) is 0 Å². The Balaban J connectivity index is 1.99. The molecular formula is C22H30O5. The predicted molar refractivity (Wildman–Crippen MR) is 106 cm³/mol.